The van der Waals surface area contributed by atoms with Gasteiger partial charge in [0.25, 0.3) is 5.91 Å². The van der Waals surface area contributed by atoms with Crippen LogP contribution in [0.3, 0.4) is 0 Å². The molecule has 2 atom stereocenters. The summed E-state index contributed by atoms with van der Waals surface area (Å²) in [5, 5.41) is 13.4. The van der Waals surface area contributed by atoms with Crippen LogP contribution in [0, 0.1) is 5.92 Å². The highest BCUT2D eigenvalue weighted by molar-refractivity contribution is 5.97. The van der Waals surface area contributed by atoms with Crippen molar-refractivity contribution >= 4 is 12.1 Å². The van der Waals surface area contributed by atoms with Crippen LogP contribution in [0.2, 0.25) is 0 Å². The maximum atomic E-state index is 11.8. The van der Waals surface area contributed by atoms with Gasteiger partial charge in [-0.1, -0.05) is 19.1 Å². The van der Waals surface area contributed by atoms with Crippen molar-refractivity contribution in [1.29, 1.82) is 0 Å². The van der Waals surface area contributed by atoms with E-state index in [1.54, 1.807) is 12.1 Å². The number of carbonyl (C=O) groups is 1. The molecule has 0 radical (unpaired) electrons. The largest absolute Gasteiger partial charge is 0.507 e. The van der Waals surface area contributed by atoms with Gasteiger partial charge in [0.1, 0.15) is 17.3 Å². The molecule has 5 heteroatoms. The summed E-state index contributed by atoms with van der Waals surface area (Å²) in [7, 11) is 0. The molecule has 5 nitrogen and oxygen atoms in total. The smallest absolute Gasteiger partial charge is 0.275 e. The van der Waals surface area contributed by atoms with E-state index in [1.807, 2.05) is 12.1 Å². The fourth-order valence-corrected chi connectivity index (χ4v) is 2.24. The Kier molecular flexibility index (Phi) is 3.48. The van der Waals surface area contributed by atoms with E-state index in [0.29, 0.717) is 17.6 Å². The lowest BCUT2D eigenvalue weighted by Crippen LogP contribution is -2.17. The Labute approximate surface area is 122 Å². The van der Waals surface area contributed by atoms with E-state index >= 15 is 0 Å². The number of nitrogens with zero attached hydrogens (tertiary/aromatic N) is 1. The predicted octanol–water partition coefficient (Wildman–Crippen LogP) is 2.87. The molecule has 3 rings (SSSR count). The maximum Gasteiger partial charge on any atom is 0.275 e. The Balaban J connectivity index is 1.61. The van der Waals surface area contributed by atoms with E-state index in [9.17, 15) is 9.90 Å². The molecule has 0 aliphatic heterocycles. The molecule has 1 heterocycles. The van der Waals surface area contributed by atoms with Crippen molar-refractivity contribution in [3.05, 3.63) is 53.5 Å². The van der Waals surface area contributed by atoms with Crippen LogP contribution in [0.4, 0.5) is 0 Å². The lowest BCUT2D eigenvalue weighted by Gasteiger charge is -2.01. The van der Waals surface area contributed by atoms with Gasteiger partial charge in [0, 0.05) is 5.92 Å². The van der Waals surface area contributed by atoms with Gasteiger partial charge >= 0.3 is 0 Å². The number of para-hydroxylation sites is 1. The van der Waals surface area contributed by atoms with Crippen molar-refractivity contribution in [2.75, 3.05) is 0 Å². The Morgan fingerprint density at radius 3 is 2.86 bits per heavy atom. The number of rotatable bonds is 4. The van der Waals surface area contributed by atoms with E-state index in [1.165, 1.54) is 18.3 Å². The Hall–Kier alpha value is -2.56. The lowest BCUT2D eigenvalue weighted by molar-refractivity contribution is 0.0952. The molecule has 1 aromatic carbocycles. The van der Waals surface area contributed by atoms with Crippen LogP contribution in [0.15, 0.2) is 45.9 Å². The van der Waals surface area contributed by atoms with Crippen LogP contribution in [-0.4, -0.2) is 17.2 Å². The third-order valence-electron chi connectivity index (χ3n) is 3.63. The van der Waals surface area contributed by atoms with Crippen LogP contribution in [0.1, 0.15) is 41.1 Å². The average Bonchev–Trinajstić information content (AvgIpc) is 3.01. The molecule has 2 N–H and O–H groups in total. The minimum Gasteiger partial charge on any atom is -0.507 e. The molecule has 2 aromatic rings. The monoisotopic (exact) mass is 284 g/mol. The highest BCUT2D eigenvalue weighted by Gasteiger charge is 2.36. The molecule has 0 unspecified atom stereocenters. The topological polar surface area (TPSA) is 74.8 Å². The number of phenols is 1. The van der Waals surface area contributed by atoms with Gasteiger partial charge in [-0.15, -0.1) is 0 Å². The summed E-state index contributed by atoms with van der Waals surface area (Å²) in [6.45, 7) is 2.19. The molecule has 0 spiro atoms. The second-order valence-corrected chi connectivity index (χ2v) is 5.28. The van der Waals surface area contributed by atoms with Crippen LogP contribution in [0.5, 0.6) is 5.75 Å². The van der Waals surface area contributed by atoms with Crippen molar-refractivity contribution in [3.63, 3.8) is 0 Å². The second kappa shape index (κ2) is 5.44. The van der Waals surface area contributed by atoms with Crippen LogP contribution < -0.4 is 5.43 Å². The van der Waals surface area contributed by atoms with E-state index in [0.717, 1.165) is 12.2 Å². The summed E-state index contributed by atoms with van der Waals surface area (Å²) in [6, 6.07) is 10.1. The first-order valence-electron chi connectivity index (χ1n) is 6.86. The first kappa shape index (κ1) is 13.4. The van der Waals surface area contributed by atoms with Crippen molar-refractivity contribution < 1.29 is 14.3 Å². The SMILES string of the molecule is C[C@@H]1C[C@H]1c1ccc(/C=N\NC(=O)c2ccccc2O)o1. The number of nitrogens with one attached hydrogen (secondary N) is 1. The average molecular weight is 284 g/mol. The zero-order valence-corrected chi connectivity index (χ0v) is 11.6. The van der Waals surface area contributed by atoms with Gasteiger partial charge in [-0.05, 0) is 36.6 Å². The number of hydrogen-bond acceptors (Lipinski definition) is 4. The first-order chi connectivity index (χ1) is 10.1. The fourth-order valence-electron chi connectivity index (χ4n) is 2.24. The molecule has 1 fully saturated rings. The van der Waals surface area contributed by atoms with Gasteiger partial charge in [0.15, 0.2) is 0 Å². The molecule has 108 valence electrons. The Morgan fingerprint density at radius 2 is 2.14 bits per heavy atom. The molecule has 1 amide bonds. The van der Waals surface area contributed by atoms with Crippen LogP contribution in [-0.2, 0) is 0 Å². The third-order valence-corrected chi connectivity index (χ3v) is 3.63. The highest BCUT2D eigenvalue weighted by atomic mass is 16.3. The summed E-state index contributed by atoms with van der Waals surface area (Å²) >= 11 is 0. The van der Waals surface area contributed by atoms with Crippen molar-refractivity contribution in [2.24, 2.45) is 11.0 Å². The Bertz CT molecular complexity index is 690. The van der Waals surface area contributed by atoms with Gasteiger partial charge in [0.2, 0.25) is 0 Å². The number of amides is 1. The minimum absolute atomic E-state index is 0.0757. The standard InChI is InChI=1S/C16H16N2O3/c1-10-8-13(10)15-7-6-11(21-15)9-17-18-16(20)12-4-2-3-5-14(12)19/h2-7,9-10,13,19H,8H2,1H3,(H,18,20)/b17-9-/t10-,13-/m1/s1. The highest BCUT2D eigenvalue weighted by Crippen LogP contribution is 2.47. The van der Waals surface area contributed by atoms with E-state index < -0.39 is 5.91 Å². The Morgan fingerprint density at radius 1 is 1.38 bits per heavy atom. The maximum absolute atomic E-state index is 11.8. The molecule has 0 bridgehead atoms. The van der Waals surface area contributed by atoms with Crippen LogP contribution >= 0.6 is 0 Å². The van der Waals surface area contributed by atoms with E-state index in [2.05, 4.69) is 17.5 Å². The van der Waals surface area contributed by atoms with Gasteiger partial charge in [-0.3, -0.25) is 4.79 Å². The number of hydrazone groups is 1. The molecular formula is C16H16N2O3. The van der Waals surface area contributed by atoms with Gasteiger partial charge in [-0.25, -0.2) is 5.43 Å². The molecule has 21 heavy (non-hydrogen) atoms. The zero-order chi connectivity index (χ0) is 14.8. The van der Waals surface area contributed by atoms with Crippen LogP contribution in [0.25, 0.3) is 0 Å². The number of hydrogen-bond donors (Lipinski definition) is 2. The van der Waals surface area contributed by atoms with Crippen molar-refractivity contribution in [1.82, 2.24) is 5.43 Å². The summed E-state index contributed by atoms with van der Waals surface area (Å²) in [5.41, 5.74) is 2.54. The van der Waals surface area contributed by atoms with Gasteiger partial charge in [-0.2, -0.15) is 5.10 Å². The number of furan rings is 1. The lowest BCUT2D eigenvalue weighted by atomic mass is 10.2. The number of aromatic hydroxyl groups is 1. The van der Waals surface area contributed by atoms with Gasteiger partial charge < -0.3 is 9.52 Å². The normalized spacial score (nSPS) is 20.6. The summed E-state index contributed by atoms with van der Waals surface area (Å²) in [5.74, 6) is 2.22. The zero-order valence-electron chi connectivity index (χ0n) is 11.6. The molecule has 0 saturated heterocycles. The number of carbonyl (C=O) groups excluding carboxylic acids is 1. The molecule has 1 aliphatic rings. The van der Waals surface area contributed by atoms with E-state index in [4.69, 9.17) is 4.42 Å². The van der Waals surface area contributed by atoms with E-state index in [-0.39, 0.29) is 11.3 Å². The first-order valence-corrected chi connectivity index (χ1v) is 6.86. The minimum atomic E-state index is -0.466. The van der Waals surface area contributed by atoms with Crippen molar-refractivity contribution in [3.8, 4) is 5.75 Å². The predicted molar refractivity (Wildman–Crippen MR) is 78.4 cm³/mol. The molecular weight excluding hydrogens is 268 g/mol. The summed E-state index contributed by atoms with van der Waals surface area (Å²) in [4.78, 5) is 11.8. The number of phenolic OH excluding ortho intramolecular Hbond substituents is 1. The quantitative estimate of drug-likeness (QED) is 0.669. The van der Waals surface area contributed by atoms with Gasteiger partial charge in [0.05, 0.1) is 11.8 Å². The molecule has 1 aromatic heterocycles. The number of benzene rings is 1. The fraction of sp³-hybridized carbons (Fsp3) is 0.250. The summed E-state index contributed by atoms with van der Waals surface area (Å²) < 4.78 is 5.64. The third kappa shape index (κ3) is 2.97. The summed E-state index contributed by atoms with van der Waals surface area (Å²) in [6.07, 6.45) is 2.61. The molecule has 1 saturated carbocycles. The second-order valence-electron chi connectivity index (χ2n) is 5.28. The molecule has 1 aliphatic carbocycles. The van der Waals surface area contributed by atoms with Crippen molar-refractivity contribution in [2.45, 2.75) is 19.3 Å².